The van der Waals surface area contributed by atoms with Gasteiger partial charge in [0.1, 0.15) is 22.8 Å². The molecule has 0 fully saturated rings. The van der Waals surface area contributed by atoms with Gasteiger partial charge >= 0.3 is 6.18 Å². The Kier molecular flexibility index (Phi) is 5.01. The number of phenolic OH excluding ortho intramolecular Hbond substituents is 1. The number of Topliss-reactive ketones (excluding diaryl/α,β-unsaturated/α-hetero) is 3. The summed E-state index contributed by atoms with van der Waals surface area (Å²) in [7, 11) is 0. The number of halogens is 3. The van der Waals surface area contributed by atoms with Crippen molar-refractivity contribution in [3.8, 4) is 5.75 Å². The summed E-state index contributed by atoms with van der Waals surface area (Å²) < 4.78 is 40.3. The van der Waals surface area contributed by atoms with Crippen LogP contribution in [0.5, 0.6) is 5.75 Å². The summed E-state index contributed by atoms with van der Waals surface area (Å²) in [5.41, 5.74) is -4.32. The highest BCUT2D eigenvalue weighted by atomic mass is 19.4. The van der Waals surface area contributed by atoms with E-state index in [1.807, 2.05) is 0 Å². The summed E-state index contributed by atoms with van der Waals surface area (Å²) >= 11 is 0. The summed E-state index contributed by atoms with van der Waals surface area (Å²) in [6.07, 6.45) is -5.21. The predicted octanol–water partition coefficient (Wildman–Crippen LogP) is 3.35. The molecule has 176 valence electrons. The zero-order chi connectivity index (χ0) is 24.6. The molecule has 4 rings (SSSR count). The van der Waals surface area contributed by atoms with Crippen LogP contribution in [0.15, 0.2) is 34.8 Å². The Balaban J connectivity index is 1.90. The molecule has 3 unspecified atom stereocenters. The number of aliphatic hydroxyl groups excluding tert-OH is 2. The zero-order valence-electron chi connectivity index (χ0n) is 17.7. The Morgan fingerprint density at radius 3 is 2.36 bits per heavy atom. The van der Waals surface area contributed by atoms with E-state index in [9.17, 15) is 48.0 Å². The molecule has 4 atom stereocenters. The number of fused-ring (bicyclic) bond motifs is 3. The topological polar surface area (TPSA) is 132 Å². The molecule has 0 radical (unpaired) electrons. The second-order valence-electron chi connectivity index (χ2n) is 8.89. The zero-order valence-corrected chi connectivity index (χ0v) is 17.7. The monoisotopic (exact) mass is 466 g/mol. The van der Waals surface area contributed by atoms with E-state index in [2.05, 4.69) is 0 Å². The number of phenols is 1. The van der Waals surface area contributed by atoms with Gasteiger partial charge in [-0.05, 0) is 49.8 Å². The summed E-state index contributed by atoms with van der Waals surface area (Å²) in [6, 6.07) is 2.07. The minimum Gasteiger partial charge on any atom is -0.511 e. The maximum atomic E-state index is 13.4. The van der Waals surface area contributed by atoms with Crippen LogP contribution in [0.4, 0.5) is 13.2 Å². The van der Waals surface area contributed by atoms with Crippen molar-refractivity contribution in [1.29, 1.82) is 0 Å². The molecule has 10 heteroatoms. The van der Waals surface area contributed by atoms with Crippen LogP contribution in [0.1, 0.15) is 54.1 Å². The van der Waals surface area contributed by atoms with Crippen LogP contribution in [-0.2, 0) is 16.0 Å². The van der Waals surface area contributed by atoms with E-state index in [1.165, 1.54) is 0 Å². The van der Waals surface area contributed by atoms with Gasteiger partial charge in [-0.1, -0.05) is 6.07 Å². The van der Waals surface area contributed by atoms with E-state index >= 15 is 0 Å². The fourth-order valence-corrected chi connectivity index (χ4v) is 5.33. The maximum absolute atomic E-state index is 13.4. The van der Waals surface area contributed by atoms with E-state index in [1.54, 1.807) is 0 Å². The molecular formula is C23H21F3O7. The molecule has 0 aromatic heterocycles. The normalized spacial score (nSPS) is 28.3. The van der Waals surface area contributed by atoms with Gasteiger partial charge in [0, 0.05) is 17.9 Å². The lowest BCUT2D eigenvalue weighted by Crippen LogP contribution is -2.56. The van der Waals surface area contributed by atoms with Gasteiger partial charge in [-0.3, -0.25) is 14.4 Å². The minimum atomic E-state index is -4.60. The number of benzene rings is 1. The fourth-order valence-electron chi connectivity index (χ4n) is 5.33. The molecule has 0 amide bonds. The number of allylic oxidation sites excluding steroid dienone is 2. The Hall–Kier alpha value is -3.14. The lowest BCUT2D eigenvalue weighted by molar-refractivity contribution is -0.147. The van der Waals surface area contributed by atoms with Crippen LogP contribution >= 0.6 is 0 Å². The predicted molar refractivity (Wildman–Crippen MR) is 107 cm³/mol. The average Bonchev–Trinajstić information content (AvgIpc) is 2.69. The Morgan fingerprint density at radius 1 is 1.15 bits per heavy atom. The Bertz CT molecular complexity index is 1180. The molecule has 0 saturated heterocycles. The highest BCUT2D eigenvalue weighted by molar-refractivity contribution is 6.25. The van der Waals surface area contributed by atoms with Crippen LogP contribution in [0.3, 0.4) is 0 Å². The van der Waals surface area contributed by atoms with Crippen molar-refractivity contribution in [1.82, 2.24) is 0 Å². The quantitative estimate of drug-likeness (QED) is 0.492. The van der Waals surface area contributed by atoms with Gasteiger partial charge in [0.2, 0.25) is 5.78 Å². The third kappa shape index (κ3) is 3.11. The summed E-state index contributed by atoms with van der Waals surface area (Å²) in [5, 5.41) is 42.6. The van der Waals surface area contributed by atoms with Crippen molar-refractivity contribution in [3.63, 3.8) is 0 Å². The minimum absolute atomic E-state index is 0.0110. The second kappa shape index (κ2) is 7.18. The lowest BCUT2D eigenvalue weighted by Gasteiger charge is -2.46. The van der Waals surface area contributed by atoms with Crippen LogP contribution in [0, 0.1) is 11.8 Å². The molecule has 0 heterocycles. The molecule has 4 N–H and O–H groups in total. The van der Waals surface area contributed by atoms with Crippen molar-refractivity contribution >= 4 is 17.3 Å². The van der Waals surface area contributed by atoms with Gasteiger partial charge in [-0.15, -0.1) is 0 Å². The van der Waals surface area contributed by atoms with Gasteiger partial charge in [-0.25, -0.2) is 0 Å². The standard InChI is InChI=1S/C23H21F3O7/c1-8(23(24,25)26)12-3-4-14(28)18-13(12)6-10-5-11-7-15(29)16(9(2)27)20(31)22(11,33)21(32)17(10)19(18)30/h3-4,8,10-11,28-29,32-33H,5-7H2,1-2H3/t8?,10?,11?,22-/m1/s1. The highest BCUT2D eigenvalue weighted by Crippen LogP contribution is 2.52. The van der Waals surface area contributed by atoms with Crippen molar-refractivity contribution in [3.05, 3.63) is 51.5 Å². The molecule has 1 aromatic rings. The molecule has 0 bridgehead atoms. The summed E-state index contributed by atoms with van der Waals surface area (Å²) in [5.74, 6) is -9.08. The number of carbonyl (C=O) groups is 3. The number of carbonyl (C=O) groups excluding carboxylic acids is 3. The van der Waals surface area contributed by atoms with Crippen molar-refractivity contribution in [2.45, 2.75) is 50.8 Å². The first-order valence-corrected chi connectivity index (χ1v) is 10.3. The SMILES string of the molecule is CC(=O)C1=C(O)CC2CC3Cc4c(C(C)C(F)(F)F)ccc(O)c4C(=O)C3=C(O)[C@]2(O)C1=O. The first kappa shape index (κ1) is 23.0. The van der Waals surface area contributed by atoms with Gasteiger partial charge in [-0.2, -0.15) is 13.2 Å². The first-order valence-electron chi connectivity index (χ1n) is 10.3. The third-order valence-electron chi connectivity index (χ3n) is 7.04. The largest absolute Gasteiger partial charge is 0.511 e. The molecule has 33 heavy (non-hydrogen) atoms. The third-order valence-corrected chi connectivity index (χ3v) is 7.04. The maximum Gasteiger partial charge on any atom is 0.395 e. The highest BCUT2D eigenvalue weighted by Gasteiger charge is 2.59. The van der Waals surface area contributed by atoms with Crippen molar-refractivity contribution in [2.75, 3.05) is 0 Å². The smallest absolute Gasteiger partial charge is 0.395 e. The number of hydrogen-bond acceptors (Lipinski definition) is 7. The van der Waals surface area contributed by atoms with Crippen LogP contribution in [0.2, 0.25) is 0 Å². The number of alkyl halides is 3. The van der Waals surface area contributed by atoms with Crippen LogP contribution < -0.4 is 0 Å². The van der Waals surface area contributed by atoms with Gasteiger partial charge in [0.15, 0.2) is 17.2 Å². The Labute approximate surface area is 185 Å². The molecule has 3 aliphatic rings. The molecule has 0 saturated carbocycles. The van der Waals surface area contributed by atoms with Crippen molar-refractivity contribution < 1.29 is 48.0 Å². The van der Waals surface area contributed by atoms with Crippen molar-refractivity contribution in [2.24, 2.45) is 11.8 Å². The number of aromatic hydroxyl groups is 1. The molecule has 0 spiro atoms. The van der Waals surface area contributed by atoms with E-state index in [0.717, 1.165) is 26.0 Å². The van der Waals surface area contributed by atoms with E-state index in [-0.39, 0.29) is 36.0 Å². The molecule has 3 aliphatic carbocycles. The molecule has 0 aliphatic heterocycles. The van der Waals surface area contributed by atoms with Gasteiger partial charge < -0.3 is 20.4 Å². The van der Waals surface area contributed by atoms with Crippen LogP contribution in [0.25, 0.3) is 0 Å². The molecule has 1 aromatic carbocycles. The number of hydrogen-bond donors (Lipinski definition) is 4. The number of rotatable bonds is 2. The summed E-state index contributed by atoms with van der Waals surface area (Å²) in [4.78, 5) is 38.1. The lowest BCUT2D eigenvalue weighted by atomic mass is 9.59. The average molecular weight is 466 g/mol. The summed E-state index contributed by atoms with van der Waals surface area (Å²) in [6.45, 7) is 1.94. The molecule has 7 nitrogen and oxygen atoms in total. The van der Waals surface area contributed by atoms with E-state index in [4.69, 9.17) is 0 Å². The second-order valence-corrected chi connectivity index (χ2v) is 8.89. The Morgan fingerprint density at radius 2 is 1.79 bits per heavy atom. The molecular weight excluding hydrogens is 445 g/mol. The first-order chi connectivity index (χ1) is 15.2. The van der Waals surface area contributed by atoms with Crippen LogP contribution in [-0.4, -0.2) is 49.6 Å². The van der Waals surface area contributed by atoms with E-state index in [0.29, 0.717) is 0 Å². The number of ketones is 3. The fraction of sp³-hybridized carbons (Fsp3) is 0.435. The van der Waals surface area contributed by atoms with E-state index < -0.39 is 75.3 Å². The number of aliphatic hydroxyl groups is 3. The van der Waals surface area contributed by atoms with Gasteiger partial charge in [0.25, 0.3) is 0 Å². The van der Waals surface area contributed by atoms with Gasteiger partial charge in [0.05, 0.1) is 11.5 Å².